The molecule has 0 amide bonds. The van der Waals surface area contributed by atoms with Crippen molar-refractivity contribution < 1.29 is 0 Å². The zero-order chi connectivity index (χ0) is 15.0. The summed E-state index contributed by atoms with van der Waals surface area (Å²) in [7, 11) is 0. The van der Waals surface area contributed by atoms with Gasteiger partial charge in [0.15, 0.2) is 0 Å². The summed E-state index contributed by atoms with van der Waals surface area (Å²) in [5.74, 6) is 0. The number of hydrogen-bond donors (Lipinski definition) is 0. The minimum Gasteiger partial charge on any atom is -0.303 e. The standard InChI is InChI=1S/C19H35N/c1-17(2)10-9-11-18(3)12-13-19(4,5)16-20-14-7-6-8-15-20/h10,12H,6-9,11,13-16H2,1-5H3/b18-12-. The summed E-state index contributed by atoms with van der Waals surface area (Å²) in [4.78, 5) is 2.66. The van der Waals surface area contributed by atoms with E-state index in [0.29, 0.717) is 5.41 Å². The molecule has 1 saturated heterocycles. The van der Waals surface area contributed by atoms with E-state index in [0.717, 1.165) is 0 Å². The largest absolute Gasteiger partial charge is 0.303 e. The SMILES string of the molecule is CC(C)=CCC/C(C)=C\CC(C)(C)CN1CCCCC1. The second kappa shape index (κ2) is 8.67. The van der Waals surface area contributed by atoms with Crippen molar-refractivity contribution in [2.24, 2.45) is 5.41 Å². The van der Waals surface area contributed by atoms with Gasteiger partial charge in [-0.3, -0.25) is 0 Å². The summed E-state index contributed by atoms with van der Waals surface area (Å²) in [6.45, 7) is 15.4. The molecule has 0 atom stereocenters. The summed E-state index contributed by atoms with van der Waals surface area (Å²) in [5.41, 5.74) is 3.40. The van der Waals surface area contributed by atoms with Crippen molar-refractivity contribution in [2.45, 2.75) is 73.1 Å². The van der Waals surface area contributed by atoms with Gasteiger partial charge in [-0.1, -0.05) is 43.6 Å². The highest BCUT2D eigenvalue weighted by Gasteiger charge is 2.21. The van der Waals surface area contributed by atoms with E-state index < -0.39 is 0 Å². The molecule has 0 unspecified atom stereocenters. The predicted molar refractivity (Wildman–Crippen MR) is 91.1 cm³/mol. The monoisotopic (exact) mass is 277 g/mol. The molecule has 0 aliphatic carbocycles. The van der Waals surface area contributed by atoms with Gasteiger partial charge in [0.05, 0.1) is 0 Å². The highest BCUT2D eigenvalue weighted by Crippen LogP contribution is 2.25. The first-order valence-electron chi connectivity index (χ1n) is 8.40. The topological polar surface area (TPSA) is 3.24 Å². The van der Waals surface area contributed by atoms with E-state index in [-0.39, 0.29) is 0 Å². The third-order valence-electron chi connectivity index (χ3n) is 4.19. The molecule has 1 aliphatic heterocycles. The van der Waals surface area contributed by atoms with Crippen LogP contribution in [0.1, 0.15) is 73.1 Å². The first-order valence-corrected chi connectivity index (χ1v) is 8.40. The third kappa shape index (κ3) is 7.89. The zero-order valence-electron chi connectivity index (χ0n) is 14.5. The quantitative estimate of drug-likeness (QED) is 0.549. The lowest BCUT2D eigenvalue weighted by Crippen LogP contribution is -2.37. The molecule has 1 heteroatoms. The van der Waals surface area contributed by atoms with Gasteiger partial charge in [-0.15, -0.1) is 0 Å². The number of hydrogen-bond acceptors (Lipinski definition) is 1. The van der Waals surface area contributed by atoms with Crippen LogP contribution in [0.15, 0.2) is 23.3 Å². The molecule has 0 bridgehead atoms. The Morgan fingerprint density at radius 1 is 1.00 bits per heavy atom. The van der Waals surface area contributed by atoms with Crippen LogP contribution in [0.2, 0.25) is 0 Å². The van der Waals surface area contributed by atoms with Crippen molar-refractivity contribution >= 4 is 0 Å². The molecule has 1 nitrogen and oxygen atoms in total. The molecular formula is C19H35N. The number of rotatable bonds is 7. The van der Waals surface area contributed by atoms with Crippen LogP contribution in [0.25, 0.3) is 0 Å². The average Bonchev–Trinajstić information content (AvgIpc) is 2.37. The van der Waals surface area contributed by atoms with Crippen LogP contribution in [0.4, 0.5) is 0 Å². The Balaban J connectivity index is 2.34. The Morgan fingerprint density at radius 3 is 2.25 bits per heavy atom. The number of piperidine rings is 1. The lowest BCUT2D eigenvalue weighted by Gasteiger charge is -2.34. The van der Waals surface area contributed by atoms with Crippen molar-refractivity contribution in [2.75, 3.05) is 19.6 Å². The minimum absolute atomic E-state index is 0.412. The number of nitrogens with zero attached hydrogens (tertiary/aromatic N) is 1. The molecule has 0 aromatic heterocycles. The maximum atomic E-state index is 2.66. The molecule has 0 saturated carbocycles. The van der Waals surface area contributed by atoms with Crippen molar-refractivity contribution in [3.63, 3.8) is 0 Å². The molecule has 0 aromatic rings. The summed E-state index contributed by atoms with van der Waals surface area (Å²) < 4.78 is 0. The van der Waals surface area contributed by atoms with Crippen molar-refractivity contribution in [3.8, 4) is 0 Å². The normalized spacial score (nSPS) is 18.1. The van der Waals surface area contributed by atoms with Crippen LogP contribution in [-0.2, 0) is 0 Å². The molecule has 1 aliphatic rings. The molecule has 1 fully saturated rings. The molecule has 1 heterocycles. The fourth-order valence-electron chi connectivity index (χ4n) is 2.93. The molecule has 20 heavy (non-hydrogen) atoms. The fourth-order valence-corrected chi connectivity index (χ4v) is 2.93. The van der Waals surface area contributed by atoms with Gasteiger partial charge in [-0.05, 0) is 71.4 Å². The predicted octanol–water partition coefficient (Wildman–Crippen LogP) is 5.58. The van der Waals surface area contributed by atoms with Crippen LogP contribution >= 0.6 is 0 Å². The first-order chi connectivity index (χ1) is 9.39. The van der Waals surface area contributed by atoms with Gasteiger partial charge in [0.2, 0.25) is 0 Å². The maximum Gasteiger partial charge on any atom is 0.00356 e. The van der Waals surface area contributed by atoms with Crippen LogP contribution in [0.3, 0.4) is 0 Å². The molecule has 0 radical (unpaired) electrons. The summed E-state index contributed by atoms with van der Waals surface area (Å²) >= 11 is 0. The van der Waals surface area contributed by atoms with Gasteiger partial charge in [0, 0.05) is 6.54 Å². The Bertz CT molecular complexity index is 326. The van der Waals surface area contributed by atoms with E-state index in [4.69, 9.17) is 0 Å². The molecule has 116 valence electrons. The van der Waals surface area contributed by atoms with Gasteiger partial charge >= 0.3 is 0 Å². The summed E-state index contributed by atoms with van der Waals surface area (Å²) in [6, 6.07) is 0. The van der Waals surface area contributed by atoms with Gasteiger partial charge in [-0.25, -0.2) is 0 Å². The van der Waals surface area contributed by atoms with Gasteiger partial charge in [0.25, 0.3) is 0 Å². The molecule has 1 rings (SSSR count). The average molecular weight is 277 g/mol. The van der Waals surface area contributed by atoms with E-state index in [2.05, 4.69) is 51.7 Å². The van der Waals surface area contributed by atoms with E-state index >= 15 is 0 Å². The Labute approximate surface area is 127 Å². The van der Waals surface area contributed by atoms with Crippen molar-refractivity contribution in [3.05, 3.63) is 23.3 Å². The number of allylic oxidation sites excluding steroid dienone is 4. The summed E-state index contributed by atoms with van der Waals surface area (Å²) in [5, 5.41) is 0. The zero-order valence-corrected chi connectivity index (χ0v) is 14.5. The van der Waals surface area contributed by atoms with E-state index in [1.165, 1.54) is 63.7 Å². The minimum atomic E-state index is 0.412. The van der Waals surface area contributed by atoms with E-state index in [1.54, 1.807) is 5.57 Å². The Kier molecular flexibility index (Phi) is 7.58. The van der Waals surface area contributed by atoms with Crippen LogP contribution in [0.5, 0.6) is 0 Å². The van der Waals surface area contributed by atoms with E-state index in [9.17, 15) is 0 Å². The smallest absolute Gasteiger partial charge is 0.00356 e. The third-order valence-corrected chi connectivity index (χ3v) is 4.19. The van der Waals surface area contributed by atoms with Crippen molar-refractivity contribution in [1.82, 2.24) is 4.90 Å². The Morgan fingerprint density at radius 2 is 1.65 bits per heavy atom. The highest BCUT2D eigenvalue weighted by atomic mass is 15.1. The lowest BCUT2D eigenvalue weighted by atomic mass is 9.87. The summed E-state index contributed by atoms with van der Waals surface area (Å²) in [6.07, 6.45) is 12.7. The fraction of sp³-hybridized carbons (Fsp3) is 0.789. The molecular weight excluding hydrogens is 242 g/mol. The lowest BCUT2D eigenvalue weighted by molar-refractivity contribution is 0.154. The van der Waals surface area contributed by atoms with Gasteiger partial charge < -0.3 is 4.90 Å². The van der Waals surface area contributed by atoms with Gasteiger partial charge in [0.1, 0.15) is 0 Å². The molecule has 0 N–H and O–H groups in total. The van der Waals surface area contributed by atoms with Crippen molar-refractivity contribution in [1.29, 1.82) is 0 Å². The molecule has 0 spiro atoms. The number of likely N-dealkylation sites (tertiary alicyclic amines) is 1. The first kappa shape index (κ1) is 17.5. The van der Waals surface area contributed by atoms with Crippen LogP contribution < -0.4 is 0 Å². The second-order valence-corrected chi connectivity index (χ2v) is 7.58. The van der Waals surface area contributed by atoms with Crippen LogP contribution in [-0.4, -0.2) is 24.5 Å². The maximum absolute atomic E-state index is 2.66. The second-order valence-electron chi connectivity index (χ2n) is 7.58. The van der Waals surface area contributed by atoms with E-state index in [1.807, 2.05) is 0 Å². The van der Waals surface area contributed by atoms with Crippen LogP contribution in [0, 0.1) is 5.41 Å². The van der Waals surface area contributed by atoms with Gasteiger partial charge in [-0.2, -0.15) is 0 Å². The molecule has 0 aromatic carbocycles. The Hall–Kier alpha value is -0.560. The highest BCUT2D eigenvalue weighted by molar-refractivity contribution is 5.03.